The highest BCUT2D eigenvalue weighted by Crippen LogP contribution is 2.28. The lowest BCUT2D eigenvalue weighted by molar-refractivity contribution is -0.0108. The summed E-state index contributed by atoms with van der Waals surface area (Å²) in [6.45, 7) is 9.00. The van der Waals surface area contributed by atoms with E-state index in [0.717, 1.165) is 40.8 Å². The van der Waals surface area contributed by atoms with Crippen molar-refractivity contribution in [3.05, 3.63) is 39.4 Å². The minimum atomic E-state index is -0.0276. The van der Waals surface area contributed by atoms with E-state index in [4.69, 9.17) is 9.47 Å². The summed E-state index contributed by atoms with van der Waals surface area (Å²) < 4.78 is 11.7. The number of anilines is 1. The number of rotatable bonds is 6. The molecule has 3 aromatic rings. The minimum Gasteiger partial charge on any atom is -0.492 e. The summed E-state index contributed by atoms with van der Waals surface area (Å²) in [6.07, 6.45) is 0. The molecule has 1 saturated heterocycles. The normalized spacial score (nSPS) is 17.6. The second-order valence-electron chi connectivity index (χ2n) is 8.02. The summed E-state index contributed by atoms with van der Waals surface area (Å²) in [7, 11) is 2.09. The van der Waals surface area contributed by atoms with Gasteiger partial charge in [0.15, 0.2) is 10.6 Å². The number of fused-ring (bicyclic) bond motifs is 1. The van der Waals surface area contributed by atoms with E-state index in [9.17, 15) is 4.79 Å². The van der Waals surface area contributed by atoms with Gasteiger partial charge in [-0.05, 0) is 40.0 Å². The van der Waals surface area contributed by atoms with Crippen LogP contribution in [-0.4, -0.2) is 60.4 Å². The first-order valence-electron chi connectivity index (χ1n) is 10.2. The molecule has 1 aliphatic heterocycles. The number of aromatic nitrogens is 2. The van der Waals surface area contributed by atoms with Crippen molar-refractivity contribution in [3.63, 3.8) is 0 Å². The number of H-pyrrole nitrogens is 1. The molecular formula is C22H28N4O3S. The highest BCUT2D eigenvalue weighted by Gasteiger charge is 2.21. The van der Waals surface area contributed by atoms with E-state index in [1.165, 1.54) is 11.3 Å². The molecule has 0 aliphatic carbocycles. The van der Waals surface area contributed by atoms with Crippen LogP contribution >= 0.6 is 11.3 Å². The fourth-order valence-corrected chi connectivity index (χ4v) is 4.40. The zero-order valence-corrected chi connectivity index (χ0v) is 18.6. The number of hydrogen-bond donors (Lipinski definition) is 2. The van der Waals surface area contributed by atoms with Crippen molar-refractivity contribution in [1.82, 2.24) is 14.9 Å². The zero-order valence-electron chi connectivity index (χ0n) is 17.8. The first-order valence-corrected chi connectivity index (χ1v) is 11.1. The molecule has 2 N–H and O–H groups in total. The molecule has 4 rings (SSSR count). The molecule has 1 aliphatic rings. The molecule has 1 fully saturated rings. The monoisotopic (exact) mass is 428 g/mol. The van der Waals surface area contributed by atoms with Crippen LogP contribution in [0.2, 0.25) is 0 Å². The van der Waals surface area contributed by atoms with E-state index in [1.807, 2.05) is 24.4 Å². The molecule has 0 bridgehead atoms. The summed E-state index contributed by atoms with van der Waals surface area (Å²) in [5.74, 6) is 0.773. The van der Waals surface area contributed by atoms with Crippen LogP contribution in [0.1, 0.15) is 19.4 Å². The van der Waals surface area contributed by atoms with Gasteiger partial charge in [0.1, 0.15) is 12.4 Å². The van der Waals surface area contributed by atoms with E-state index in [0.29, 0.717) is 30.3 Å². The van der Waals surface area contributed by atoms with Crippen LogP contribution in [0.5, 0.6) is 5.75 Å². The van der Waals surface area contributed by atoms with E-state index in [-0.39, 0.29) is 11.5 Å². The Morgan fingerprint density at radius 1 is 1.43 bits per heavy atom. The van der Waals surface area contributed by atoms with Gasteiger partial charge in [-0.15, -0.1) is 11.3 Å². The molecule has 0 unspecified atom stereocenters. The van der Waals surface area contributed by atoms with Crippen LogP contribution in [0.3, 0.4) is 0 Å². The van der Waals surface area contributed by atoms with Gasteiger partial charge >= 0.3 is 0 Å². The van der Waals surface area contributed by atoms with Crippen LogP contribution in [0.4, 0.5) is 5.13 Å². The first-order chi connectivity index (χ1) is 14.4. The fourth-order valence-electron chi connectivity index (χ4n) is 3.54. The Hall–Kier alpha value is -2.42. The molecule has 2 aromatic heterocycles. The van der Waals surface area contributed by atoms with Gasteiger partial charge in [-0.1, -0.05) is 0 Å². The van der Waals surface area contributed by atoms with Crippen LogP contribution in [-0.2, 0) is 4.74 Å². The summed E-state index contributed by atoms with van der Waals surface area (Å²) in [6, 6.07) is 5.85. The number of nitrogens with zero attached hydrogens (tertiary/aromatic N) is 2. The highest BCUT2D eigenvalue weighted by atomic mass is 32.1. The van der Waals surface area contributed by atoms with Crippen LogP contribution < -0.4 is 15.5 Å². The predicted octanol–water partition coefficient (Wildman–Crippen LogP) is 3.49. The molecule has 1 aromatic carbocycles. The molecule has 0 amide bonds. The fraction of sp³-hybridized carbons (Fsp3) is 0.455. The van der Waals surface area contributed by atoms with E-state index < -0.39 is 0 Å². The smallest absolute Gasteiger partial charge is 0.190 e. The minimum absolute atomic E-state index is 0.0276. The maximum absolute atomic E-state index is 12.7. The second-order valence-corrected chi connectivity index (χ2v) is 8.87. The van der Waals surface area contributed by atoms with Crippen molar-refractivity contribution in [2.24, 2.45) is 0 Å². The summed E-state index contributed by atoms with van der Waals surface area (Å²) in [5.41, 5.74) is 3.14. The van der Waals surface area contributed by atoms with Crippen molar-refractivity contribution in [2.75, 3.05) is 38.7 Å². The van der Waals surface area contributed by atoms with Gasteiger partial charge in [-0.3, -0.25) is 9.69 Å². The number of benzene rings is 1. The van der Waals surface area contributed by atoms with Gasteiger partial charge in [0.2, 0.25) is 0 Å². The van der Waals surface area contributed by atoms with Crippen molar-refractivity contribution in [2.45, 2.75) is 32.9 Å². The number of thiazole rings is 1. The number of nitrogens with one attached hydrogen (secondary N) is 2. The third-order valence-electron chi connectivity index (χ3n) is 5.36. The first kappa shape index (κ1) is 20.8. The third kappa shape index (κ3) is 4.35. The maximum Gasteiger partial charge on any atom is 0.190 e. The van der Waals surface area contributed by atoms with Crippen molar-refractivity contribution < 1.29 is 9.47 Å². The summed E-state index contributed by atoms with van der Waals surface area (Å²) >= 11 is 1.53. The number of ether oxygens (including phenoxy) is 2. The van der Waals surface area contributed by atoms with Gasteiger partial charge in [0.05, 0.1) is 36.2 Å². The SMILES string of the molecule is Cc1c(OC[C@@H]2COCCN2C)ccc2c(=O)cc(-c3csc(NC(C)C)n3)[nH]c12. The number of aryl methyl sites for hydroxylation is 1. The lowest BCUT2D eigenvalue weighted by Gasteiger charge is -2.32. The second kappa shape index (κ2) is 8.75. The largest absolute Gasteiger partial charge is 0.492 e. The molecule has 8 heteroatoms. The Bertz CT molecular complexity index is 1090. The standard InChI is InChI=1S/C22H28N4O3S/c1-13(2)23-22-25-18(12-30-22)17-9-19(27)16-5-6-20(14(3)21(16)24-17)29-11-15-10-28-8-7-26(15)4/h5-6,9,12-13,15H,7-8,10-11H2,1-4H3,(H,23,25)(H,24,27)/t15-/m0/s1. The molecule has 30 heavy (non-hydrogen) atoms. The average Bonchev–Trinajstić information content (AvgIpc) is 3.16. The number of likely N-dealkylation sites (N-methyl/N-ethyl adjacent to an activating group) is 1. The van der Waals surface area contributed by atoms with Gasteiger partial charge in [-0.25, -0.2) is 4.98 Å². The van der Waals surface area contributed by atoms with Crippen LogP contribution in [0, 0.1) is 6.92 Å². The van der Waals surface area contributed by atoms with Crippen molar-refractivity contribution >= 4 is 27.4 Å². The molecule has 0 spiro atoms. The number of pyridine rings is 1. The number of hydrogen-bond acceptors (Lipinski definition) is 7. The summed E-state index contributed by atoms with van der Waals surface area (Å²) in [5, 5.41) is 6.75. The van der Waals surface area contributed by atoms with E-state index in [2.05, 4.69) is 41.1 Å². The zero-order chi connectivity index (χ0) is 21.3. The third-order valence-corrected chi connectivity index (χ3v) is 6.13. The van der Waals surface area contributed by atoms with Crippen LogP contribution in [0.25, 0.3) is 22.3 Å². The Morgan fingerprint density at radius 2 is 2.27 bits per heavy atom. The average molecular weight is 429 g/mol. The van der Waals surface area contributed by atoms with E-state index in [1.54, 1.807) is 6.07 Å². The van der Waals surface area contributed by atoms with Crippen LogP contribution in [0.15, 0.2) is 28.4 Å². The Balaban J connectivity index is 1.63. The quantitative estimate of drug-likeness (QED) is 0.626. The molecule has 160 valence electrons. The van der Waals surface area contributed by atoms with Gasteiger partial charge in [0, 0.05) is 35.0 Å². The Labute approximate surface area is 180 Å². The van der Waals surface area contributed by atoms with Gasteiger partial charge in [0.25, 0.3) is 0 Å². The Morgan fingerprint density at radius 3 is 3.03 bits per heavy atom. The van der Waals surface area contributed by atoms with Gasteiger partial charge < -0.3 is 19.8 Å². The lowest BCUT2D eigenvalue weighted by Crippen LogP contribution is -2.46. The molecule has 1 atom stereocenters. The van der Waals surface area contributed by atoms with Gasteiger partial charge in [-0.2, -0.15) is 0 Å². The lowest BCUT2D eigenvalue weighted by atomic mass is 10.1. The molecule has 7 nitrogen and oxygen atoms in total. The highest BCUT2D eigenvalue weighted by molar-refractivity contribution is 7.14. The summed E-state index contributed by atoms with van der Waals surface area (Å²) in [4.78, 5) is 23.0. The van der Waals surface area contributed by atoms with Crippen molar-refractivity contribution in [1.29, 1.82) is 0 Å². The molecular weight excluding hydrogens is 400 g/mol. The number of morpholine rings is 1. The molecule has 3 heterocycles. The predicted molar refractivity (Wildman–Crippen MR) is 122 cm³/mol. The topological polar surface area (TPSA) is 79.5 Å². The Kier molecular flexibility index (Phi) is 6.08. The number of aromatic amines is 1. The van der Waals surface area contributed by atoms with Crippen molar-refractivity contribution in [3.8, 4) is 17.1 Å². The molecule has 0 saturated carbocycles. The molecule has 0 radical (unpaired) electrons. The van der Waals surface area contributed by atoms with E-state index >= 15 is 0 Å². The maximum atomic E-state index is 12.7.